The van der Waals surface area contributed by atoms with Crippen LogP contribution in [0.4, 0.5) is 13.2 Å². The number of hydrogen-bond acceptors (Lipinski definition) is 3. The van der Waals surface area contributed by atoms with Crippen molar-refractivity contribution in [1.29, 1.82) is 0 Å². The number of hydrogen-bond donors (Lipinski definition) is 0. The Morgan fingerprint density at radius 2 is 1.78 bits per heavy atom. The predicted octanol–water partition coefficient (Wildman–Crippen LogP) is 3.07. The number of fused-ring (bicyclic) bond motifs is 1. The molecule has 1 fully saturated rings. The molecule has 0 spiro atoms. The van der Waals surface area contributed by atoms with Gasteiger partial charge in [0.2, 0.25) is 5.91 Å². The van der Waals surface area contributed by atoms with E-state index in [0.29, 0.717) is 24.3 Å². The van der Waals surface area contributed by atoms with Crippen LogP contribution >= 0.6 is 0 Å². The van der Waals surface area contributed by atoms with Crippen LogP contribution in [-0.2, 0) is 35.2 Å². The van der Waals surface area contributed by atoms with Crippen LogP contribution < -0.4 is 0 Å². The molecule has 0 saturated carbocycles. The number of benzene rings is 1. The highest BCUT2D eigenvalue weighted by molar-refractivity contribution is 5.83. The van der Waals surface area contributed by atoms with Gasteiger partial charge in [0.1, 0.15) is 5.78 Å². The Balaban J connectivity index is 1.65. The first kappa shape index (κ1) is 17.8. The van der Waals surface area contributed by atoms with Gasteiger partial charge in [0.15, 0.2) is 5.69 Å². The summed E-state index contributed by atoms with van der Waals surface area (Å²) in [5.74, 6) is -0.0714. The van der Waals surface area contributed by atoms with Crippen molar-refractivity contribution in [3.63, 3.8) is 0 Å². The molecule has 5 nitrogen and oxygen atoms in total. The van der Waals surface area contributed by atoms with Gasteiger partial charge in [0.05, 0.1) is 5.69 Å². The van der Waals surface area contributed by atoms with Gasteiger partial charge in [-0.15, -0.1) is 0 Å². The molecule has 0 N–H and O–H groups in total. The first-order valence-electron chi connectivity index (χ1n) is 8.89. The molecule has 8 heteroatoms. The minimum absolute atomic E-state index is 0.00881. The van der Waals surface area contributed by atoms with Gasteiger partial charge < -0.3 is 4.90 Å². The lowest BCUT2D eigenvalue weighted by atomic mass is 9.94. The Morgan fingerprint density at radius 3 is 2.41 bits per heavy atom. The third kappa shape index (κ3) is 3.36. The van der Waals surface area contributed by atoms with Crippen LogP contribution in [0.15, 0.2) is 24.3 Å². The molecule has 1 aromatic carbocycles. The molecule has 1 aliphatic heterocycles. The number of Topliss-reactive ketones (excluding diaryl/α,β-unsaturated/α-hetero) is 1. The van der Waals surface area contributed by atoms with Gasteiger partial charge in [0.25, 0.3) is 0 Å². The monoisotopic (exact) mass is 377 g/mol. The van der Waals surface area contributed by atoms with Crippen LogP contribution in [0.25, 0.3) is 5.69 Å². The molecule has 0 radical (unpaired) electrons. The van der Waals surface area contributed by atoms with Gasteiger partial charge in [-0.1, -0.05) is 12.1 Å². The minimum Gasteiger partial charge on any atom is -0.338 e. The number of carbonyl (C=O) groups is 2. The zero-order chi connectivity index (χ0) is 19.2. The van der Waals surface area contributed by atoms with E-state index in [-0.39, 0.29) is 36.5 Å². The van der Waals surface area contributed by atoms with E-state index in [1.807, 2.05) is 0 Å². The van der Waals surface area contributed by atoms with Crippen molar-refractivity contribution < 1.29 is 22.8 Å². The van der Waals surface area contributed by atoms with Gasteiger partial charge in [-0.25, -0.2) is 4.68 Å². The number of amides is 1. The Bertz CT molecular complexity index is 900. The Hall–Kier alpha value is -2.64. The van der Waals surface area contributed by atoms with Gasteiger partial charge in [-0.2, -0.15) is 18.3 Å². The van der Waals surface area contributed by atoms with Crippen molar-refractivity contribution >= 4 is 11.7 Å². The zero-order valence-electron chi connectivity index (χ0n) is 14.6. The number of alkyl halides is 3. The molecule has 1 aliphatic carbocycles. The smallest absolute Gasteiger partial charge is 0.338 e. The Morgan fingerprint density at radius 1 is 1.04 bits per heavy atom. The largest absolute Gasteiger partial charge is 0.435 e. The van der Waals surface area contributed by atoms with Crippen molar-refractivity contribution in [2.24, 2.45) is 0 Å². The fourth-order valence-corrected chi connectivity index (χ4v) is 3.75. The van der Waals surface area contributed by atoms with E-state index in [2.05, 4.69) is 5.10 Å². The number of rotatable bonds is 3. The van der Waals surface area contributed by atoms with Gasteiger partial charge >= 0.3 is 6.18 Å². The molecule has 2 aromatic rings. The standard InChI is InChI=1S/C19H18F3N3O2/c20-19(21,22)18-15-10-14(26)7-8-16(15)25(23-18)13-5-3-12(4-6-13)11-24-9-1-2-17(24)27/h3-6H,1-2,7-11H2. The summed E-state index contributed by atoms with van der Waals surface area (Å²) in [5, 5.41) is 3.79. The van der Waals surface area contributed by atoms with Crippen LogP contribution in [0.2, 0.25) is 0 Å². The van der Waals surface area contributed by atoms with Gasteiger partial charge in [-0.3, -0.25) is 9.59 Å². The number of aromatic nitrogens is 2. The van der Waals surface area contributed by atoms with Crippen molar-refractivity contribution in [3.8, 4) is 5.69 Å². The van der Waals surface area contributed by atoms with Crippen molar-refractivity contribution in [2.75, 3.05) is 6.54 Å². The molecular formula is C19H18F3N3O2. The fraction of sp³-hybridized carbons (Fsp3) is 0.421. The summed E-state index contributed by atoms with van der Waals surface area (Å²) in [7, 11) is 0. The quantitative estimate of drug-likeness (QED) is 0.826. The molecule has 27 heavy (non-hydrogen) atoms. The summed E-state index contributed by atoms with van der Waals surface area (Å²) in [4.78, 5) is 25.2. The van der Waals surface area contributed by atoms with E-state index in [1.54, 1.807) is 29.2 Å². The highest BCUT2D eigenvalue weighted by Crippen LogP contribution is 2.36. The molecular weight excluding hydrogens is 359 g/mol. The molecule has 0 atom stereocenters. The van der Waals surface area contributed by atoms with Gasteiger partial charge in [-0.05, 0) is 30.5 Å². The van der Waals surface area contributed by atoms with E-state index in [9.17, 15) is 22.8 Å². The summed E-state index contributed by atoms with van der Waals surface area (Å²) >= 11 is 0. The molecule has 4 rings (SSSR count). The van der Waals surface area contributed by atoms with Crippen LogP contribution in [0, 0.1) is 0 Å². The molecule has 142 valence electrons. The lowest BCUT2D eigenvalue weighted by molar-refractivity contribution is -0.142. The highest BCUT2D eigenvalue weighted by Gasteiger charge is 2.40. The molecule has 2 heterocycles. The maximum atomic E-state index is 13.3. The number of carbonyl (C=O) groups excluding carboxylic acids is 2. The van der Waals surface area contributed by atoms with Crippen LogP contribution in [-0.4, -0.2) is 32.9 Å². The molecule has 1 aromatic heterocycles. The molecule has 1 saturated heterocycles. The maximum absolute atomic E-state index is 13.3. The van der Waals surface area contributed by atoms with E-state index in [0.717, 1.165) is 18.5 Å². The zero-order valence-corrected chi connectivity index (χ0v) is 14.6. The maximum Gasteiger partial charge on any atom is 0.435 e. The van der Waals surface area contributed by atoms with Gasteiger partial charge in [0, 0.05) is 43.6 Å². The van der Waals surface area contributed by atoms with Crippen LogP contribution in [0.3, 0.4) is 0 Å². The summed E-state index contributed by atoms with van der Waals surface area (Å²) in [5.41, 5.74) is 0.904. The van der Waals surface area contributed by atoms with Crippen molar-refractivity contribution in [3.05, 3.63) is 46.8 Å². The predicted molar refractivity (Wildman–Crippen MR) is 90.2 cm³/mol. The van der Waals surface area contributed by atoms with E-state index >= 15 is 0 Å². The molecule has 0 bridgehead atoms. The Kier molecular flexibility index (Phi) is 4.28. The first-order valence-corrected chi connectivity index (χ1v) is 8.89. The average Bonchev–Trinajstić information content (AvgIpc) is 3.19. The third-order valence-electron chi connectivity index (χ3n) is 5.10. The number of likely N-dealkylation sites (tertiary alicyclic amines) is 1. The summed E-state index contributed by atoms with van der Waals surface area (Å²) < 4.78 is 41.3. The second-order valence-electron chi connectivity index (χ2n) is 6.98. The SMILES string of the molecule is O=C1CCc2c(c(C(F)(F)F)nn2-c2ccc(CN3CCCC3=O)cc2)C1. The Labute approximate surface area is 153 Å². The molecule has 1 amide bonds. The number of nitrogens with zero attached hydrogens (tertiary/aromatic N) is 3. The topological polar surface area (TPSA) is 55.2 Å². The molecule has 2 aliphatic rings. The number of halogens is 3. The van der Waals surface area contributed by atoms with E-state index in [4.69, 9.17) is 0 Å². The minimum atomic E-state index is -4.59. The molecule has 0 unspecified atom stereocenters. The van der Waals surface area contributed by atoms with Crippen molar-refractivity contribution in [2.45, 2.75) is 44.8 Å². The lowest BCUT2D eigenvalue weighted by Gasteiger charge is -2.16. The summed E-state index contributed by atoms with van der Waals surface area (Å²) in [6, 6.07) is 7.02. The van der Waals surface area contributed by atoms with Crippen LogP contribution in [0.1, 0.15) is 41.8 Å². The normalized spacial score (nSPS) is 17.5. The van der Waals surface area contributed by atoms with Crippen molar-refractivity contribution in [1.82, 2.24) is 14.7 Å². The van der Waals surface area contributed by atoms with Crippen LogP contribution in [0.5, 0.6) is 0 Å². The third-order valence-corrected chi connectivity index (χ3v) is 5.10. The lowest BCUT2D eigenvalue weighted by Crippen LogP contribution is -2.23. The summed E-state index contributed by atoms with van der Waals surface area (Å²) in [6.45, 7) is 1.23. The summed E-state index contributed by atoms with van der Waals surface area (Å²) in [6.07, 6.45) is -2.92. The number of ketones is 1. The second-order valence-corrected chi connectivity index (χ2v) is 6.98. The second kappa shape index (κ2) is 6.51. The highest BCUT2D eigenvalue weighted by atomic mass is 19.4. The van der Waals surface area contributed by atoms with E-state index < -0.39 is 11.9 Å². The fourth-order valence-electron chi connectivity index (χ4n) is 3.75. The van der Waals surface area contributed by atoms with E-state index in [1.165, 1.54) is 4.68 Å². The average molecular weight is 377 g/mol. The first-order chi connectivity index (χ1) is 12.8.